The summed E-state index contributed by atoms with van der Waals surface area (Å²) >= 11 is 1.31. The summed E-state index contributed by atoms with van der Waals surface area (Å²) in [5.41, 5.74) is 0.861. The second-order valence-electron chi connectivity index (χ2n) is 11.4. The average Bonchev–Trinajstić information content (AvgIpc) is 3.43. The van der Waals surface area contributed by atoms with Crippen LogP contribution in [0, 0.1) is 5.92 Å². The van der Waals surface area contributed by atoms with E-state index >= 15 is 0 Å². The monoisotopic (exact) mass is 648 g/mol. The van der Waals surface area contributed by atoms with E-state index < -0.39 is 18.3 Å². The molecule has 2 aromatic rings. The maximum absolute atomic E-state index is 14.0. The van der Waals surface area contributed by atoms with Gasteiger partial charge in [-0.15, -0.1) is 16.8 Å². The first-order valence-corrected chi connectivity index (χ1v) is 16.3. The fraction of sp³-hybridized carbons (Fsp3) is 0.645. The number of nitrogens with zero attached hydrogens (tertiary/aromatic N) is 6. The van der Waals surface area contributed by atoms with Gasteiger partial charge in [-0.3, -0.25) is 19.1 Å². The van der Waals surface area contributed by atoms with Gasteiger partial charge in [0.05, 0.1) is 12.4 Å². The molecule has 2 aromatic heterocycles. The number of amides is 2. The Bertz CT molecular complexity index is 1200. The van der Waals surface area contributed by atoms with Crippen molar-refractivity contribution in [3.8, 4) is 11.4 Å². The van der Waals surface area contributed by atoms with Crippen LogP contribution in [0.25, 0.3) is 11.4 Å². The van der Waals surface area contributed by atoms with Crippen LogP contribution in [0.4, 0.5) is 0 Å². The second kappa shape index (κ2) is 18.9. The Labute approximate surface area is 269 Å². The molecule has 1 aliphatic heterocycles. The molecule has 1 fully saturated rings. The molecule has 0 aromatic carbocycles. The Balaban J connectivity index is 1.90. The van der Waals surface area contributed by atoms with Crippen molar-refractivity contribution < 1.29 is 34.0 Å². The van der Waals surface area contributed by atoms with Crippen molar-refractivity contribution in [2.45, 2.75) is 69.2 Å². The molecule has 45 heavy (non-hydrogen) atoms. The SMILES string of the molecule is C=CCn1c(SCC(=O)N2CCCCOC[C@@H](O)[C@@H](O)[C@H](OC)CN(C(=O)COC)C[C@@H]2CC(C)C)nnc1-c1ccncc1. The van der Waals surface area contributed by atoms with Crippen LogP contribution in [0.3, 0.4) is 0 Å². The smallest absolute Gasteiger partial charge is 0.248 e. The summed E-state index contributed by atoms with van der Waals surface area (Å²) in [5.74, 6) is 0.615. The summed E-state index contributed by atoms with van der Waals surface area (Å²) in [6.45, 7) is 9.31. The fourth-order valence-electron chi connectivity index (χ4n) is 5.29. The van der Waals surface area contributed by atoms with Gasteiger partial charge in [-0.05, 0) is 37.3 Å². The molecule has 4 atom stereocenters. The standard InChI is InChI=1S/C31H48N6O7S/c1-6-13-37-30(23-9-11-32-12-10-23)33-34-31(37)45-21-28(40)36-14-7-8-15-44-19-25(38)29(41)26(43-5)18-35(27(39)20-42-4)17-24(36)16-22(2)3/h6,9-12,22,24-26,29,38,41H,1,7-8,13-21H2,2-5H3/t24-,25+,26+,29+/m0/s1. The number of hydrogen-bond acceptors (Lipinski definition) is 11. The number of pyridine rings is 1. The third-order valence-corrected chi connectivity index (χ3v) is 8.50. The first kappa shape index (κ1) is 36.6. The third kappa shape index (κ3) is 10.9. The lowest BCUT2D eigenvalue weighted by Crippen LogP contribution is -2.54. The van der Waals surface area contributed by atoms with Crippen molar-refractivity contribution in [2.75, 3.05) is 59.4 Å². The molecule has 0 saturated carbocycles. The van der Waals surface area contributed by atoms with Gasteiger partial charge in [-0.25, -0.2) is 0 Å². The lowest BCUT2D eigenvalue weighted by molar-refractivity contribution is -0.145. The van der Waals surface area contributed by atoms with Crippen LogP contribution < -0.4 is 0 Å². The molecule has 1 aliphatic rings. The molecule has 0 unspecified atom stereocenters. The molecule has 1 saturated heterocycles. The van der Waals surface area contributed by atoms with Gasteiger partial charge in [0.2, 0.25) is 11.8 Å². The van der Waals surface area contributed by atoms with Crippen molar-refractivity contribution in [3.05, 3.63) is 37.2 Å². The molecular weight excluding hydrogens is 600 g/mol. The maximum Gasteiger partial charge on any atom is 0.248 e. The van der Waals surface area contributed by atoms with Gasteiger partial charge in [0, 0.05) is 71.0 Å². The first-order valence-electron chi connectivity index (χ1n) is 15.3. The van der Waals surface area contributed by atoms with E-state index in [9.17, 15) is 19.8 Å². The molecule has 0 aliphatic carbocycles. The lowest BCUT2D eigenvalue weighted by atomic mass is 10.00. The van der Waals surface area contributed by atoms with E-state index in [1.54, 1.807) is 23.4 Å². The van der Waals surface area contributed by atoms with Gasteiger partial charge in [0.15, 0.2) is 11.0 Å². The van der Waals surface area contributed by atoms with E-state index in [1.165, 1.54) is 26.0 Å². The molecule has 14 heteroatoms. The molecule has 3 rings (SSSR count). The highest BCUT2D eigenvalue weighted by Gasteiger charge is 2.33. The first-order chi connectivity index (χ1) is 21.7. The second-order valence-corrected chi connectivity index (χ2v) is 12.4. The lowest BCUT2D eigenvalue weighted by Gasteiger charge is -2.38. The predicted octanol–water partition coefficient (Wildman–Crippen LogP) is 1.88. The summed E-state index contributed by atoms with van der Waals surface area (Å²) in [5, 5.41) is 30.7. The number of aliphatic hydroxyl groups excluding tert-OH is 2. The highest BCUT2D eigenvalue weighted by molar-refractivity contribution is 7.99. The van der Waals surface area contributed by atoms with Crippen LogP contribution in [0.1, 0.15) is 33.1 Å². The Hall–Kier alpha value is -2.88. The molecule has 0 spiro atoms. The van der Waals surface area contributed by atoms with Crippen molar-refractivity contribution >= 4 is 23.6 Å². The maximum atomic E-state index is 14.0. The summed E-state index contributed by atoms with van der Waals surface area (Å²) in [6.07, 6.45) is 3.76. The highest BCUT2D eigenvalue weighted by Crippen LogP contribution is 2.25. The summed E-state index contributed by atoms with van der Waals surface area (Å²) in [7, 11) is 2.86. The molecule has 13 nitrogen and oxygen atoms in total. The zero-order valence-electron chi connectivity index (χ0n) is 26.8. The summed E-state index contributed by atoms with van der Waals surface area (Å²) in [6, 6.07) is 3.39. The molecule has 3 heterocycles. The average molecular weight is 649 g/mol. The number of aromatic nitrogens is 4. The van der Waals surface area contributed by atoms with E-state index in [-0.39, 0.29) is 55.8 Å². The minimum Gasteiger partial charge on any atom is -0.388 e. The van der Waals surface area contributed by atoms with E-state index in [1.807, 2.05) is 21.6 Å². The third-order valence-electron chi connectivity index (χ3n) is 7.55. The quantitative estimate of drug-likeness (QED) is 0.271. The molecule has 0 radical (unpaired) electrons. The van der Waals surface area contributed by atoms with Crippen LogP contribution >= 0.6 is 11.8 Å². The molecule has 250 valence electrons. The number of allylic oxidation sites excluding steroid dienone is 1. The number of aliphatic hydroxyl groups is 2. The van der Waals surface area contributed by atoms with Gasteiger partial charge >= 0.3 is 0 Å². The minimum absolute atomic E-state index is 0.00470. The Morgan fingerprint density at radius 3 is 2.58 bits per heavy atom. The van der Waals surface area contributed by atoms with E-state index in [0.717, 1.165) is 5.56 Å². The van der Waals surface area contributed by atoms with Crippen molar-refractivity contribution in [2.24, 2.45) is 5.92 Å². The highest BCUT2D eigenvalue weighted by atomic mass is 32.2. The topological polar surface area (TPSA) is 152 Å². The number of carbonyl (C=O) groups is 2. The summed E-state index contributed by atoms with van der Waals surface area (Å²) < 4.78 is 18.2. The molecule has 2 N–H and O–H groups in total. The largest absolute Gasteiger partial charge is 0.388 e. The van der Waals surface area contributed by atoms with Crippen molar-refractivity contribution in [3.63, 3.8) is 0 Å². The van der Waals surface area contributed by atoms with Crippen molar-refractivity contribution in [1.29, 1.82) is 0 Å². The van der Waals surface area contributed by atoms with E-state index in [0.29, 0.717) is 49.9 Å². The number of hydrogen-bond donors (Lipinski definition) is 2. The number of thioether (sulfide) groups is 1. The van der Waals surface area contributed by atoms with Crippen LogP contribution in [-0.4, -0.2) is 135 Å². The van der Waals surface area contributed by atoms with Gasteiger partial charge in [0.25, 0.3) is 0 Å². The zero-order valence-corrected chi connectivity index (χ0v) is 27.6. The van der Waals surface area contributed by atoms with E-state index in [4.69, 9.17) is 14.2 Å². The number of ether oxygens (including phenoxy) is 3. The molecular formula is C31H48N6O7S. The Morgan fingerprint density at radius 2 is 1.91 bits per heavy atom. The van der Waals surface area contributed by atoms with Crippen LogP contribution in [0.5, 0.6) is 0 Å². The van der Waals surface area contributed by atoms with Crippen LogP contribution in [-0.2, 0) is 30.3 Å². The van der Waals surface area contributed by atoms with Gasteiger partial charge in [-0.1, -0.05) is 31.7 Å². The Kier molecular flexibility index (Phi) is 15.4. The number of carbonyl (C=O) groups excluding carboxylic acids is 2. The fourth-order valence-corrected chi connectivity index (χ4v) is 6.13. The van der Waals surface area contributed by atoms with Gasteiger partial charge in [0.1, 0.15) is 24.9 Å². The van der Waals surface area contributed by atoms with Gasteiger partial charge < -0.3 is 34.2 Å². The number of methoxy groups -OCH3 is 2. The van der Waals surface area contributed by atoms with Crippen LogP contribution in [0.2, 0.25) is 0 Å². The molecule has 0 bridgehead atoms. The van der Waals surface area contributed by atoms with Crippen LogP contribution in [0.15, 0.2) is 42.3 Å². The predicted molar refractivity (Wildman–Crippen MR) is 170 cm³/mol. The van der Waals surface area contributed by atoms with Crippen molar-refractivity contribution in [1.82, 2.24) is 29.5 Å². The zero-order chi connectivity index (χ0) is 32.8. The summed E-state index contributed by atoms with van der Waals surface area (Å²) in [4.78, 5) is 34.8. The van der Waals surface area contributed by atoms with Gasteiger partial charge in [-0.2, -0.15) is 0 Å². The van der Waals surface area contributed by atoms with E-state index in [2.05, 4.69) is 35.6 Å². The molecule has 2 amide bonds. The number of rotatable bonds is 11. The normalized spacial score (nSPS) is 22.3. The Morgan fingerprint density at radius 1 is 1.16 bits per heavy atom. The minimum atomic E-state index is -1.28.